The van der Waals surface area contributed by atoms with Gasteiger partial charge in [-0.1, -0.05) is 63.2 Å². The number of hydrogen-bond acceptors (Lipinski definition) is 14. The number of fused-ring (bicyclic) bond motifs is 3. The molecule has 7 heterocycles. The van der Waals surface area contributed by atoms with Crippen LogP contribution in [-0.4, -0.2) is 120 Å². The van der Waals surface area contributed by atoms with E-state index in [0.717, 1.165) is 59.7 Å². The Hall–Kier alpha value is -6.83. The number of thiazole rings is 1. The number of carboxylic acids is 1. The largest absolute Gasteiger partial charge is 0.481 e. The number of likely N-dealkylation sites (tertiary alicyclic amines) is 1. The molecule has 0 saturated carbocycles. The molecule has 5 atom stereocenters. The Bertz CT molecular complexity index is 3020. The van der Waals surface area contributed by atoms with Crippen molar-refractivity contribution in [3.8, 4) is 15.4 Å². The van der Waals surface area contributed by atoms with Crippen LogP contribution in [0.4, 0.5) is 11.5 Å². The molecule has 0 spiro atoms. The van der Waals surface area contributed by atoms with E-state index in [-0.39, 0.29) is 37.0 Å². The maximum Gasteiger partial charge on any atom is 0.306 e. The molecular formula is C52H59N11O6S2. The summed E-state index contributed by atoms with van der Waals surface area (Å²) in [5, 5.41) is 36.3. The van der Waals surface area contributed by atoms with Crippen molar-refractivity contribution in [2.45, 2.75) is 98.5 Å². The van der Waals surface area contributed by atoms with Crippen molar-refractivity contribution >= 4 is 63.6 Å². The van der Waals surface area contributed by atoms with E-state index in [2.05, 4.69) is 61.6 Å². The van der Waals surface area contributed by atoms with E-state index in [9.17, 15) is 29.4 Å². The Kier molecular flexibility index (Phi) is 13.7. The predicted octanol–water partition coefficient (Wildman–Crippen LogP) is 6.76. The number of carbonyl (C=O) groups excluding carboxylic acids is 3. The summed E-state index contributed by atoms with van der Waals surface area (Å²) in [5.41, 5.74) is 8.81. The molecule has 17 nitrogen and oxygen atoms in total. The number of β-amino-alcohol motifs (C(OH)–C–C–N with tert-alkyl or cyclic N) is 1. The number of anilines is 2. The highest BCUT2D eigenvalue weighted by atomic mass is 32.1. The summed E-state index contributed by atoms with van der Waals surface area (Å²) >= 11 is 3.20. The van der Waals surface area contributed by atoms with Crippen molar-refractivity contribution < 1.29 is 29.4 Å². The van der Waals surface area contributed by atoms with Gasteiger partial charge in [0.2, 0.25) is 11.8 Å². The number of benzene rings is 2. The number of aliphatic carboxylic acids is 1. The molecule has 0 aliphatic carbocycles. The number of pyridine rings is 1. The number of aliphatic hydroxyl groups excluding tert-OH is 1. The minimum absolute atomic E-state index is 0.0363. The van der Waals surface area contributed by atoms with Crippen LogP contribution in [0.1, 0.15) is 108 Å². The zero-order valence-corrected chi connectivity index (χ0v) is 42.8. The number of amides is 3. The second kappa shape index (κ2) is 19.8. The second-order valence-electron chi connectivity index (χ2n) is 19.7. The van der Waals surface area contributed by atoms with E-state index in [1.807, 2.05) is 94.1 Å². The first-order valence-electron chi connectivity index (χ1n) is 23.9. The molecule has 4 aromatic heterocycles. The SMILES string of the molecule is Cc1ncsc1-c1ccc([C@H](C)NC(=O)[C@@H]2C[C@@H](O)CN2C(=O)[C@@H](NC(=O)c2cccc(N3CCN(c4ccc(C5=N[C@@H](CC(=O)O)c6nnc(C)n6-c6sc(C)c(C)c65)cc4)CC3)n2)C(C)(C)C)cc1. The Labute approximate surface area is 420 Å². The first kappa shape index (κ1) is 49.2. The highest BCUT2D eigenvalue weighted by molar-refractivity contribution is 7.15. The number of aryl methyl sites for hydroxylation is 3. The number of thiophene rings is 1. The number of rotatable bonds is 12. The van der Waals surface area contributed by atoms with Crippen molar-refractivity contribution in [2.24, 2.45) is 10.4 Å². The number of nitrogens with one attached hydrogen (secondary N) is 2. The van der Waals surface area contributed by atoms with Gasteiger partial charge < -0.3 is 35.5 Å². The van der Waals surface area contributed by atoms with Crippen LogP contribution < -0.4 is 20.4 Å². The van der Waals surface area contributed by atoms with Gasteiger partial charge in [0.15, 0.2) is 5.82 Å². The summed E-state index contributed by atoms with van der Waals surface area (Å²) in [6.07, 6.45) is -1.04. The van der Waals surface area contributed by atoms with E-state index in [1.54, 1.807) is 34.8 Å². The number of aromatic nitrogens is 5. The van der Waals surface area contributed by atoms with Crippen molar-refractivity contribution in [2.75, 3.05) is 42.5 Å². The van der Waals surface area contributed by atoms with Crippen LogP contribution in [0.2, 0.25) is 0 Å². The minimum Gasteiger partial charge on any atom is -0.481 e. The molecule has 370 valence electrons. The minimum atomic E-state index is -1.03. The summed E-state index contributed by atoms with van der Waals surface area (Å²) in [6.45, 7) is 18.1. The van der Waals surface area contributed by atoms with Gasteiger partial charge in [0.05, 0.1) is 40.4 Å². The smallest absolute Gasteiger partial charge is 0.306 e. The molecule has 3 aliphatic heterocycles. The third-order valence-corrected chi connectivity index (χ3v) is 15.9. The molecule has 9 rings (SSSR count). The fourth-order valence-corrected chi connectivity index (χ4v) is 11.7. The van der Waals surface area contributed by atoms with Crippen LogP contribution in [0, 0.1) is 33.1 Å². The van der Waals surface area contributed by atoms with Crippen molar-refractivity contribution in [1.82, 2.24) is 40.3 Å². The lowest BCUT2D eigenvalue weighted by molar-refractivity contribution is -0.142. The molecule has 6 aromatic rings. The average Bonchev–Trinajstić information content (AvgIpc) is 4.12. The molecule has 3 aliphatic rings. The van der Waals surface area contributed by atoms with Crippen molar-refractivity contribution in [1.29, 1.82) is 0 Å². The lowest BCUT2D eigenvalue weighted by Gasteiger charge is -2.37. The first-order valence-corrected chi connectivity index (χ1v) is 25.6. The average molecular weight is 998 g/mol. The number of aliphatic imine (C=N–C) groups is 1. The number of piperazine rings is 1. The quantitative estimate of drug-likeness (QED) is 0.100. The highest BCUT2D eigenvalue weighted by Crippen LogP contribution is 2.40. The Morgan fingerprint density at radius 1 is 0.873 bits per heavy atom. The van der Waals surface area contributed by atoms with Crippen LogP contribution in [0.3, 0.4) is 0 Å². The van der Waals surface area contributed by atoms with Gasteiger partial charge in [0.25, 0.3) is 5.91 Å². The number of aliphatic hydroxyl groups is 1. The summed E-state index contributed by atoms with van der Waals surface area (Å²) in [6, 6.07) is 18.4. The molecule has 4 N–H and O–H groups in total. The predicted molar refractivity (Wildman–Crippen MR) is 275 cm³/mol. The molecule has 3 amide bonds. The van der Waals surface area contributed by atoms with Gasteiger partial charge in [-0.15, -0.1) is 32.9 Å². The number of carboxylic acid groups (broad SMARTS) is 1. The van der Waals surface area contributed by atoms with Crippen molar-refractivity contribution in [3.63, 3.8) is 0 Å². The Morgan fingerprint density at radius 3 is 2.23 bits per heavy atom. The van der Waals surface area contributed by atoms with E-state index in [1.165, 1.54) is 4.90 Å². The zero-order valence-electron chi connectivity index (χ0n) is 41.1. The summed E-state index contributed by atoms with van der Waals surface area (Å²) < 4.78 is 1.95. The monoisotopic (exact) mass is 997 g/mol. The molecule has 0 radical (unpaired) electrons. The lowest BCUT2D eigenvalue weighted by atomic mass is 9.85. The molecular weight excluding hydrogens is 939 g/mol. The van der Waals surface area contributed by atoms with E-state index in [4.69, 9.17) is 9.98 Å². The van der Waals surface area contributed by atoms with Gasteiger partial charge in [-0.2, -0.15) is 0 Å². The van der Waals surface area contributed by atoms with E-state index < -0.39 is 47.4 Å². The zero-order chi connectivity index (χ0) is 50.5. The van der Waals surface area contributed by atoms with E-state index >= 15 is 0 Å². The standard InChI is InChI=1S/C52H59N11O6S2/c1-28-31(4)71-51-43(28)44(56-39(25-42(65)66)47-59-58-32(5)63(47)51)34-16-18-36(19-17-34)60-20-22-61(23-21-60)41-11-9-10-38(55-41)48(67)57-46(52(6,7)8)50(69)62-26-37(64)24-40(62)49(68)54-29(2)33-12-14-35(15-13-33)45-30(3)53-27-70-45/h9-19,27,29,37,39-40,46,64H,20-26H2,1-8H3,(H,54,68)(H,57,67)(H,65,66)/t29-,37+,39-,40-,46+/m0/s1. The van der Waals surface area contributed by atoms with Gasteiger partial charge in [0, 0.05) is 60.8 Å². The van der Waals surface area contributed by atoms with Crippen LogP contribution >= 0.6 is 22.7 Å². The fourth-order valence-electron chi connectivity index (χ4n) is 9.66. The summed E-state index contributed by atoms with van der Waals surface area (Å²) in [7, 11) is 0. The molecule has 2 saturated heterocycles. The number of carbonyl (C=O) groups is 4. The third-order valence-electron chi connectivity index (χ3n) is 13.7. The third kappa shape index (κ3) is 9.94. The molecule has 0 bridgehead atoms. The topological polar surface area (TPSA) is 211 Å². The number of hydrogen-bond donors (Lipinski definition) is 4. The normalized spacial score (nSPS) is 18.8. The van der Waals surface area contributed by atoms with E-state index in [0.29, 0.717) is 43.6 Å². The van der Waals surface area contributed by atoms with Crippen LogP contribution in [-0.2, 0) is 14.4 Å². The molecule has 19 heteroatoms. The lowest BCUT2D eigenvalue weighted by Crippen LogP contribution is -2.58. The summed E-state index contributed by atoms with van der Waals surface area (Å²) in [5.74, 6) is -0.478. The van der Waals surface area contributed by atoms with Crippen LogP contribution in [0.25, 0.3) is 15.4 Å². The fraction of sp³-hybridized carbons (Fsp3) is 0.404. The Balaban J connectivity index is 0.843. The molecule has 0 unspecified atom stereocenters. The molecule has 71 heavy (non-hydrogen) atoms. The number of nitrogens with zero attached hydrogens (tertiary/aromatic N) is 9. The highest BCUT2D eigenvalue weighted by Gasteiger charge is 2.45. The second-order valence-corrected chi connectivity index (χ2v) is 21.7. The maximum atomic E-state index is 14.4. The van der Waals surface area contributed by atoms with Gasteiger partial charge in [-0.05, 0) is 81.0 Å². The summed E-state index contributed by atoms with van der Waals surface area (Å²) in [4.78, 5) is 76.6. The van der Waals surface area contributed by atoms with Crippen molar-refractivity contribution in [3.05, 3.63) is 122 Å². The van der Waals surface area contributed by atoms with Gasteiger partial charge in [-0.3, -0.25) is 28.7 Å². The Morgan fingerprint density at radius 2 is 1.56 bits per heavy atom. The van der Waals surface area contributed by atoms with Gasteiger partial charge >= 0.3 is 5.97 Å². The van der Waals surface area contributed by atoms with Crippen LogP contribution in [0.15, 0.2) is 77.2 Å². The molecule has 2 fully saturated rings. The van der Waals surface area contributed by atoms with Gasteiger partial charge in [-0.25, -0.2) is 9.97 Å². The van der Waals surface area contributed by atoms with Crippen LogP contribution in [0.5, 0.6) is 0 Å². The van der Waals surface area contributed by atoms with Gasteiger partial charge in [0.1, 0.15) is 40.5 Å². The molecule has 2 aromatic carbocycles. The first-order chi connectivity index (χ1) is 33.9. The maximum absolute atomic E-state index is 14.4.